The highest BCUT2D eigenvalue weighted by atomic mass is 35.5. The van der Waals surface area contributed by atoms with E-state index in [1.54, 1.807) is 0 Å². The van der Waals surface area contributed by atoms with Crippen molar-refractivity contribution in [3.63, 3.8) is 0 Å². The van der Waals surface area contributed by atoms with E-state index < -0.39 is 21.5 Å². The third-order valence-corrected chi connectivity index (χ3v) is 6.49. The second-order valence-electron chi connectivity index (χ2n) is 6.23. The standard InChI is InChI=1S/C14H19ClN4O5S/c15-12-11(7-16-18-13(12)20)19-4-1-10(8-19)24-14(21)17-9-2-5-25(22,23)6-3-9/h7,9-10H,1-6,8H2,(H,17,21)(H,18,20)/t10-/m1/s1. The van der Waals surface area contributed by atoms with Crippen molar-refractivity contribution >= 4 is 33.2 Å². The number of halogens is 1. The Morgan fingerprint density at radius 1 is 1.36 bits per heavy atom. The van der Waals surface area contributed by atoms with Crippen LogP contribution in [0.15, 0.2) is 11.0 Å². The van der Waals surface area contributed by atoms with Gasteiger partial charge in [-0.1, -0.05) is 11.6 Å². The molecule has 138 valence electrons. The van der Waals surface area contributed by atoms with Crippen LogP contribution in [0.4, 0.5) is 10.5 Å². The maximum Gasteiger partial charge on any atom is 0.407 e. The summed E-state index contributed by atoms with van der Waals surface area (Å²) < 4.78 is 28.2. The van der Waals surface area contributed by atoms with E-state index >= 15 is 0 Å². The third kappa shape index (κ3) is 4.43. The van der Waals surface area contributed by atoms with Gasteiger partial charge < -0.3 is 15.0 Å². The van der Waals surface area contributed by atoms with E-state index in [4.69, 9.17) is 16.3 Å². The van der Waals surface area contributed by atoms with Crippen molar-refractivity contribution in [1.82, 2.24) is 15.5 Å². The number of rotatable bonds is 3. The van der Waals surface area contributed by atoms with Crippen LogP contribution in [0.3, 0.4) is 0 Å². The summed E-state index contributed by atoms with van der Waals surface area (Å²) >= 11 is 5.98. The van der Waals surface area contributed by atoms with E-state index in [0.717, 1.165) is 0 Å². The number of aromatic amines is 1. The molecule has 0 radical (unpaired) electrons. The number of hydrogen-bond donors (Lipinski definition) is 2. The SMILES string of the molecule is O=C(NC1CCS(=O)(=O)CC1)O[C@@H]1CCN(c2cn[nH]c(=O)c2Cl)C1. The zero-order valence-corrected chi connectivity index (χ0v) is 15.0. The molecule has 2 N–H and O–H groups in total. The van der Waals surface area contributed by atoms with Crippen molar-refractivity contribution in [1.29, 1.82) is 0 Å². The summed E-state index contributed by atoms with van der Waals surface area (Å²) in [6, 6.07) is -0.181. The molecule has 0 aliphatic carbocycles. The number of hydrogen-bond acceptors (Lipinski definition) is 7. The predicted molar refractivity (Wildman–Crippen MR) is 91.8 cm³/mol. The number of carbonyl (C=O) groups is 1. The number of nitrogens with zero attached hydrogens (tertiary/aromatic N) is 2. The average Bonchev–Trinajstić information content (AvgIpc) is 3.00. The van der Waals surface area contributed by atoms with Crippen LogP contribution in [0.5, 0.6) is 0 Å². The Hall–Kier alpha value is -1.81. The number of nitrogens with one attached hydrogen (secondary N) is 2. The zero-order valence-electron chi connectivity index (χ0n) is 13.4. The summed E-state index contributed by atoms with van der Waals surface area (Å²) in [5, 5.41) is 8.77. The first-order chi connectivity index (χ1) is 11.8. The van der Waals surface area contributed by atoms with Gasteiger partial charge in [0.1, 0.15) is 21.0 Å². The molecule has 2 fully saturated rings. The van der Waals surface area contributed by atoms with Gasteiger partial charge in [0.2, 0.25) is 0 Å². The number of anilines is 1. The number of carbonyl (C=O) groups excluding carboxylic acids is 1. The molecule has 2 saturated heterocycles. The quantitative estimate of drug-likeness (QED) is 0.761. The average molecular weight is 391 g/mol. The lowest BCUT2D eigenvalue weighted by molar-refractivity contribution is 0.104. The molecule has 0 aromatic carbocycles. The van der Waals surface area contributed by atoms with Crippen LogP contribution in [0, 0.1) is 0 Å². The highest BCUT2D eigenvalue weighted by molar-refractivity contribution is 7.91. The van der Waals surface area contributed by atoms with E-state index in [-0.39, 0.29) is 28.7 Å². The molecule has 0 saturated carbocycles. The molecule has 1 atom stereocenters. The Labute approximate surface area is 149 Å². The number of amides is 1. The molecule has 9 nitrogen and oxygen atoms in total. The monoisotopic (exact) mass is 390 g/mol. The molecule has 0 spiro atoms. The minimum Gasteiger partial charge on any atom is -0.444 e. The molecular formula is C14H19ClN4O5S. The molecule has 2 aliphatic rings. The van der Waals surface area contributed by atoms with Crippen LogP contribution >= 0.6 is 11.6 Å². The molecular weight excluding hydrogens is 372 g/mol. The fourth-order valence-electron chi connectivity index (χ4n) is 3.02. The normalized spacial score (nSPS) is 23.4. The van der Waals surface area contributed by atoms with Gasteiger partial charge in [-0.25, -0.2) is 18.3 Å². The summed E-state index contributed by atoms with van der Waals surface area (Å²) in [6.07, 6.45) is 2.00. The lowest BCUT2D eigenvalue weighted by Gasteiger charge is -2.24. The van der Waals surface area contributed by atoms with Crippen molar-refractivity contribution in [2.75, 3.05) is 29.5 Å². The minimum atomic E-state index is -2.96. The number of aromatic nitrogens is 2. The third-order valence-electron chi connectivity index (χ3n) is 4.41. The van der Waals surface area contributed by atoms with E-state index in [2.05, 4.69) is 15.5 Å². The van der Waals surface area contributed by atoms with Crippen LogP contribution in [0.25, 0.3) is 0 Å². The highest BCUT2D eigenvalue weighted by Gasteiger charge is 2.30. The van der Waals surface area contributed by atoms with Gasteiger partial charge in [0.05, 0.1) is 29.9 Å². The molecule has 0 bridgehead atoms. The van der Waals surface area contributed by atoms with Crippen LogP contribution in [0.1, 0.15) is 19.3 Å². The van der Waals surface area contributed by atoms with Crippen LogP contribution in [-0.4, -0.2) is 61.4 Å². The summed E-state index contributed by atoms with van der Waals surface area (Å²) in [5.41, 5.74) is 0.0444. The van der Waals surface area contributed by atoms with Crippen molar-refractivity contribution in [3.8, 4) is 0 Å². The van der Waals surface area contributed by atoms with E-state index in [1.807, 2.05) is 4.90 Å². The van der Waals surface area contributed by atoms with E-state index in [1.165, 1.54) is 6.20 Å². The fraction of sp³-hybridized carbons (Fsp3) is 0.643. The largest absolute Gasteiger partial charge is 0.444 e. The van der Waals surface area contributed by atoms with Gasteiger partial charge in [-0.05, 0) is 12.8 Å². The topological polar surface area (TPSA) is 121 Å². The van der Waals surface area contributed by atoms with Gasteiger partial charge in [0.25, 0.3) is 5.56 Å². The zero-order chi connectivity index (χ0) is 18.0. The Morgan fingerprint density at radius 2 is 2.08 bits per heavy atom. The van der Waals surface area contributed by atoms with E-state index in [0.29, 0.717) is 38.0 Å². The summed E-state index contributed by atoms with van der Waals surface area (Å²) in [7, 11) is -2.96. The molecule has 1 aromatic rings. The van der Waals surface area contributed by atoms with Gasteiger partial charge in [-0.3, -0.25) is 4.79 Å². The number of alkyl carbamates (subject to hydrolysis) is 1. The summed E-state index contributed by atoms with van der Waals surface area (Å²) in [6.45, 7) is 1.00. The van der Waals surface area contributed by atoms with Crippen molar-refractivity contribution in [2.45, 2.75) is 31.4 Å². The minimum absolute atomic E-state index is 0.0588. The van der Waals surface area contributed by atoms with Crippen LogP contribution < -0.4 is 15.8 Å². The molecule has 1 amide bonds. The van der Waals surface area contributed by atoms with Gasteiger partial charge in [0, 0.05) is 19.0 Å². The maximum atomic E-state index is 12.0. The Bertz CT molecular complexity index is 798. The van der Waals surface area contributed by atoms with Gasteiger partial charge in [0.15, 0.2) is 0 Å². The molecule has 3 heterocycles. The lowest BCUT2D eigenvalue weighted by Crippen LogP contribution is -2.42. The molecule has 2 aliphatic heterocycles. The van der Waals surface area contributed by atoms with Crippen molar-refractivity contribution in [2.24, 2.45) is 0 Å². The first kappa shape index (κ1) is 18.0. The Morgan fingerprint density at radius 3 is 2.80 bits per heavy atom. The number of ether oxygens (including phenoxy) is 1. The highest BCUT2D eigenvalue weighted by Crippen LogP contribution is 2.25. The molecule has 25 heavy (non-hydrogen) atoms. The van der Waals surface area contributed by atoms with Gasteiger partial charge >= 0.3 is 6.09 Å². The first-order valence-corrected chi connectivity index (χ1v) is 10.2. The first-order valence-electron chi connectivity index (χ1n) is 8.00. The van der Waals surface area contributed by atoms with Crippen LogP contribution in [0.2, 0.25) is 5.02 Å². The molecule has 1 aromatic heterocycles. The Kier molecular flexibility index (Phi) is 5.19. The van der Waals surface area contributed by atoms with Crippen LogP contribution in [-0.2, 0) is 14.6 Å². The van der Waals surface area contributed by atoms with Gasteiger partial charge in [-0.2, -0.15) is 5.10 Å². The smallest absolute Gasteiger partial charge is 0.407 e. The molecule has 11 heteroatoms. The number of H-pyrrole nitrogens is 1. The second kappa shape index (κ2) is 7.20. The van der Waals surface area contributed by atoms with Crippen molar-refractivity contribution in [3.05, 3.63) is 21.6 Å². The molecule has 3 rings (SSSR count). The van der Waals surface area contributed by atoms with E-state index in [9.17, 15) is 18.0 Å². The second-order valence-corrected chi connectivity index (χ2v) is 8.91. The summed E-state index contributed by atoms with van der Waals surface area (Å²) in [5.74, 6) is 0.173. The van der Waals surface area contributed by atoms with Crippen molar-refractivity contribution < 1.29 is 17.9 Å². The maximum absolute atomic E-state index is 12.0. The predicted octanol–water partition coefficient (Wildman–Crippen LogP) is 0.305. The molecule has 0 unspecified atom stereocenters. The summed E-state index contributed by atoms with van der Waals surface area (Å²) in [4.78, 5) is 25.3. The fourth-order valence-corrected chi connectivity index (χ4v) is 4.73. The Balaban J connectivity index is 1.50. The lowest BCUT2D eigenvalue weighted by atomic mass is 10.2. The number of sulfone groups is 1. The van der Waals surface area contributed by atoms with Gasteiger partial charge in [-0.15, -0.1) is 0 Å².